The molecule has 5 nitrogen and oxygen atoms in total. The fraction of sp³-hybridized carbons (Fsp3) is 0.417. The molecule has 160 valence electrons. The number of hydrogen-bond donors (Lipinski definition) is 1. The topological polar surface area (TPSA) is 58.6 Å². The maximum atomic E-state index is 13.1. The fourth-order valence-corrected chi connectivity index (χ4v) is 3.70. The van der Waals surface area contributed by atoms with E-state index in [1.807, 2.05) is 42.5 Å². The summed E-state index contributed by atoms with van der Waals surface area (Å²) in [6.07, 6.45) is 3.04. The molecule has 1 saturated heterocycles. The molecule has 2 aromatic carbocycles. The van der Waals surface area contributed by atoms with Gasteiger partial charge in [-0.2, -0.15) is 0 Å². The van der Waals surface area contributed by atoms with Gasteiger partial charge in [-0.3, -0.25) is 9.59 Å². The highest BCUT2D eigenvalue weighted by Gasteiger charge is 2.27. The molecule has 2 amide bonds. The van der Waals surface area contributed by atoms with Crippen LogP contribution in [0.1, 0.15) is 37.3 Å². The molecule has 2 unspecified atom stereocenters. The number of halogens is 1. The molecule has 1 heterocycles. The standard InChI is InChI=1S/C24H29ClN2O3/c1-18(24(29)26-16-22-8-5-15-30-22)27(17-20-9-12-21(25)13-10-20)23(28)14-11-19-6-3-2-4-7-19/h2-4,6-7,9-10,12-13,18,22H,5,8,11,14-17H2,1H3,(H,26,29). The van der Waals surface area contributed by atoms with Crippen LogP contribution in [0.5, 0.6) is 0 Å². The summed E-state index contributed by atoms with van der Waals surface area (Å²) in [6, 6.07) is 16.7. The fourth-order valence-electron chi connectivity index (χ4n) is 3.58. The zero-order chi connectivity index (χ0) is 21.3. The van der Waals surface area contributed by atoms with E-state index in [-0.39, 0.29) is 17.9 Å². The minimum atomic E-state index is -0.578. The van der Waals surface area contributed by atoms with Gasteiger partial charge in [0.2, 0.25) is 11.8 Å². The summed E-state index contributed by atoms with van der Waals surface area (Å²) in [4.78, 5) is 27.5. The van der Waals surface area contributed by atoms with Crippen LogP contribution in [0.25, 0.3) is 0 Å². The summed E-state index contributed by atoms with van der Waals surface area (Å²) < 4.78 is 5.58. The molecule has 1 fully saturated rings. The highest BCUT2D eigenvalue weighted by atomic mass is 35.5. The average Bonchev–Trinajstić information content (AvgIpc) is 3.29. The van der Waals surface area contributed by atoms with E-state index < -0.39 is 6.04 Å². The highest BCUT2D eigenvalue weighted by molar-refractivity contribution is 6.30. The van der Waals surface area contributed by atoms with Crippen molar-refractivity contribution in [3.8, 4) is 0 Å². The van der Waals surface area contributed by atoms with Gasteiger partial charge in [-0.25, -0.2) is 0 Å². The summed E-state index contributed by atoms with van der Waals surface area (Å²) in [5, 5.41) is 3.59. The Morgan fingerprint density at radius 2 is 1.87 bits per heavy atom. The summed E-state index contributed by atoms with van der Waals surface area (Å²) in [5.74, 6) is -0.207. The zero-order valence-corrected chi connectivity index (χ0v) is 18.1. The van der Waals surface area contributed by atoms with Crippen LogP contribution >= 0.6 is 11.6 Å². The number of aryl methyl sites for hydroxylation is 1. The van der Waals surface area contributed by atoms with Gasteiger partial charge in [-0.1, -0.05) is 54.1 Å². The molecule has 0 aliphatic carbocycles. The number of hydrogen-bond acceptors (Lipinski definition) is 3. The van der Waals surface area contributed by atoms with Crippen LogP contribution in [0.4, 0.5) is 0 Å². The normalized spacial score (nSPS) is 16.8. The molecular weight excluding hydrogens is 400 g/mol. The van der Waals surface area contributed by atoms with E-state index in [9.17, 15) is 9.59 Å². The van der Waals surface area contributed by atoms with Crippen molar-refractivity contribution in [3.63, 3.8) is 0 Å². The summed E-state index contributed by atoms with van der Waals surface area (Å²) in [7, 11) is 0. The number of rotatable bonds is 9. The van der Waals surface area contributed by atoms with Crippen LogP contribution in [0.2, 0.25) is 5.02 Å². The van der Waals surface area contributed by atoms with Crippen LogP contribution < -0.4 is 5.32 Å². The van der Waals surface area contributed by atoms with E-state index in [1.54, 1.807) is 24.0 Å². The van der Waals surface area contributed by atoms with Gasteiger partial charge in [0.25, 0.3) is 0 Å². The molecule has 1 aliphatic rings. The summed E-state index contributed by atoms with van der Waals surface area (Å²) in [5.41, 5.74) is 2.04. The molecule has 1 aliphatic heterocycles. The van der Waals surface area contributed by atoms with Crippen molar-refractivity contribution in [2.75, 3.05) is 13.2 Å². The molecule has 1 N–H and O–H groups in total. The van der Waals surface area contributed by atoms with Crippen LogP contribution in [-0.2, 0) is 27.3 Å². The van der Waals surface area contributed by atoms with Gasteiger partial charge in [0.1, 0.15) is 6.04 Å². The lowest BCUT2D eigenvalue weighted by atomic mass is 10.1. The van der Waals surface area contributed by atoms with Gasteiger partial charge in [0.05, 0.1) is 6.10 Å². The van der Waals surface area contributed by atoms with E-state index in [0.29, 0.717) is 31.0 Å². The first kappa shape index (κ1) is 22.3. The predicted molar refractivity (Wildman–Crippen MR) is 118 cm³/mol. The number of carbonyl (C=O) groups excluding carboxylic acids is 2. The molecule has 2 atom stereocenters. The van der Waals surface area contributed by atoms with E-state index in [0.717, 1.165) is 30.6 Å². The van der Waals surface area contributed by atoms with Crippen LogP contribution in [0.15, 0.2) is 54.6 Å². The van der Waals surface area contributed by atoms with Crippen molar-refractivity contribution in [1.29, 1.82) is 0 Å². The minimum absolute atomic E-state index is 0.0476. The van der Waals surface area contributed by atoms with Crippen molar-refractivity contribution in [3.05, 3.63) is 70.7 Å². The Kier molecular flexibility index (Phi) is 8.29. The smallest absolute Gasteiger partial charge is 0.242 e. The van der Waals surface area contributed by atoms with Crippen molar-refractivity contribution in [1.82, 2.24) is 10.2 Å². The van der Waals surface area contributed by atoms with Crippen LogP contribution in [-0.4, -0.2) is 42.0 Å². The largest absolute Gasteiger partial charge is 0.376 e. The Hall–Kier alpha value is -2.37. The van der Waals surface area contributed by atoms with E-state index in [4.69, 9.17) is 16.3 Å². The van der Waals surface area contributed by atoms with Gasteiger partial charge in [-0.05, 0) is 49.4 Å². The second kappa shape index (κ2) is 11.1. The van der Waals surface area contributed by atoms with Crippen molar-refractivity contribution < 1.29 is 14.3 Å². The van der Waals surface area contributed by atoms with Gasteiger partial charge in [0.15, 0.2) is 0 Å². The lowest BCUT2D eigenvalue weighted by Gasteiger charge is -2.29. The molecule has 0 bridgehead atoms. The first-order valence-corrected chi connectivity index (χ1v) is 10.9. The first-order valence-electron chi connectivity index (χ1n) is 10.5. The molecular formula is C24H29ClN2O3. The van der Waals surface area contributed by atoms with Crippen molar-refractivity contribution in [2.24, 2.45) is 0 Å². The third-order valence-electron chi connectivity index (χ3n) is 5.43. The third-order valence-corrected chi connectivity index (χ3v) is 5.68. The van der Waals surface area contributed by atoms with E-state index in [1.165, 1.54) is 0 Å². The Morgan fingerprint density at radius 3 is 2.53 bits per heavy atom. The second-order valence-corrected chi connectivity index (χ2v) is 8.13. The third kappa shape index (κ3) is 6.57. The Labute approximate surface area is 183 Å². The molecule has 0 saturated carbocycles. The number of benzene rings is 2. The van der Waals surface area contributed by atoms with E-state index >= 15 is 0 Å². The van der Waals surface area contributed by atoms with Gasteiger partial charge < -0.3 is 15.0 Å². The Balaban J connectivity index is 1.65. The average molecular weight is 429 g/mol. The number of carbonyl (C=O) groups is 2. The Bertz CT molecular complexity index is 820. The number of ether oxygens (including phenoxy) is 1. The zero-order valence-electron chi connectivity index (χ0n) is 17.4. The predicted octanol–water partition coefficient (Wildman–Crippen LogP) is 3.99. The number of nitrogens with zero attached hydrogens (tertiary/aromatic N) is 1. The summed E-state index contributed by atoms with van der Waals surface area (Å²) in [6.45, 7) is 3.37. The molecule has 6 heteroatoms. The highest BCUT2D eigenvalue weighted by Crippen LogP contribution is 2.16. The van der Waals surface area contributed by atoms with Gasteiger partial charge in [-0.15, -0.1) is 0 Å². The van der Waals surface area contributed by atoms with Crippen molar-refractivity contribution >= 4 is 23.4 Å². The molecule has 30 heavy (non-hydrogen) atoms. The quantitative estimate of drug-likeness (QED) is 0.657. The number of nitrogens with one attached hydrogen (secondary N) is 1. The minimum Gasteiger partial charge on any atom is -0.376 e. The molecule has 0 aromatic heterocycles. The molecule has 0 spiro atoms. The monoisotopic (exact) mass is 428 g/mol. The maximum absolute atomic E-state index is 13.1. The van der Waals surface area contributed by atoms with Gasteiger partial charge in [0, 0.05) is 31.1 Å². The van der Waals surface area contributed by atoms with Gasteiger partial charge >= 0.3 is 0 Å². The summed E-state index contributed by atoms with van der Waals surface area (Å²) >= 11 is 5.99. The molecule has 3 rings (SSSR count). The van der Waals surface area contributed by atoms with Crippen LogP contribution in [0, 0.1) is 0 Å². The SMILES string of the molecule is CC(C(=O)NCC1CCCO1)N(Cc1ccc(Cl)cc1)C(=O)CCc1ccccc1. The van der Waals surface area contributed by atoms with Crippen LogP contribution in [0.3, 0.4) is 0 Å². The molecule has 2 aromatic rings. The number of amides is 2. The molecule has 0 radical (unpaired) electrons. The lowest BCUT2D eigenvalue weighted by Crippen LogP contribution is -2.49. The Morgan fingerprint density at radius 1 is 1.13 bits per heavy atom. The first-order chi connectivity index (χ1) is 14.5. The second-order valence-electron chi connectivity index (χ2n) is 7.69. The maximum Gasteiger partial charge on any atom is 0.242 e. The van der Waals surface area contributed by atoms with E-state index in [2.05, 4.69) is 5.32 Å². The van der Waals surface area contributed by atoms with Crippen molar-refractivity contribution in [2.45, 2.75) is 51.3 Å². The lowest BCUT2D eigenvalue weighted by molar-refractivity contribution is -0.140.